The Labute approximate surface area is 111 Å². The number of likely N-dealkylation sites (tertiary alicyclic amines) is 1. The number of amides is 2. The molecule has 2 aliphatic rings. The van der Waals surface area contributed by atoms with E-state index >= 15 is 0 Å². The first-order valence-electron chi connectivity index (χ1n) is 7.26. The van der Waals surface area contributed by atoms with Crippen molar-refractivity contribution in [2.75, 3.05) is 39.8 Å². The third kappa shape index (κ3) is 2.97. The summed E-state index contributed by atoms with van der Waals surface area (Å²) in [4.78, 5) is 19.0. The summed E-state index contributed by atoms with van der Waals surface area (Å²) in [5, 5.41) is 0. The molecule has 0 aromatic heterocycles. The topological polar surface area (TPSA) is 26.8 Å². The molecule has 104 valence electrons. The fourth-order valence-electron chi connectivity index (χ4n) is 2.87. The maximum absolute atomic E-state index is 12.5. The maximum atomic E-state index is 12.5. The van der Waals surface area contributed by atoms with Gasteiger partial charge >= 0.3 is 6.03 Å². The zero-order valence-electron chi connectivity index (χ0n) is 12.1. The second kappa shape index (κ2) is 5.47. The van der Waals surface area contributed by atoms with Gasteiger partial charge in [-0.2, -0.15) is 0 Å². The first-order chi connectivity index (χ1) is 8.50. The van der Waals surface area contributed by atoms with E-state index in [2.05, 4.69) is 30.7 Å². The summed E-state index contributed by atoms with van der Waals surface area (Å²) in [7, 11) is 2.15. The van der Waals surface area contributed by atoms with Gasteiger partial charge in [0.05, 0.1) is 0 Å². The minimum Gasteiger partial charge on any atom is -0.325 e. The van der Waals surface area contributed by atoms with Crippen molar-refractivity contribution in [3.8, 4) is 0 Å². The first-order valence-corrected chi connectivity index (χ1v) is 7.26. The highest BCUT2D eigenvalue weighted by atomic mass is 16.2. The van der Waals surface area contributed by atoms with Crippen LogP contribution in [0, 0.1) is 0 Å². The van der Waals surface area contributed by atoms with Crippen LogP contribution in [0.25, 0.3) is 0 Å². The Balaban J connectivity index is 1.96. The predicted molar refractivity (Wildman–Crippen MR) is 73.7 cm³/mol. The van der Waals surface area contributed by atoms with Crippen LogP contribution in [0.1, 0.15) is 39.5 Å². The van der Waals surface area contributed by atoms with Crippen molar-refractivity contribution in [3.05, 3.63) is 0 Å². The molecule has 2 rings (SSSR count). The molecule has 0 N–H and O–H groups in total. The molecule has 0 aromatic carbocycles. The smallest absolute Gasteiger partial charge is 0.320 e. The minimum atomic E-state index is 0.0970. The van der Waals surface area contributed by atoms with Crippen LogP contribution in [0.2, 0.25) is 0 Å². The predicted octanol–water partition coefficient (Wildman–Crippen LogP) is 2.01. The fraction of sp³-hybridized carbons (Fsp3) is 0.929. The van der Waals surface area contributed by atoms with Gasteiger partial charge in [0, 0.05) is 38.3 Å². The van der Waals surface area contributed by atoms with E-state index in [0.717, 1.165) is 32.7 Å². The van der Waals surface area contributed by atoms with Gasteiger partial charge in [-0.3, -0.25) is 4.90 Å². The Hall–Kier alpha value is -0.770. The van der Waals surface area contributed by atoms with Crippen molar-refractivity contribution < 1.29 is 4.79 Å². The van der Waals surface area contributed by atoms with Crippen LogP contribution >= 0.6 is 0 Å². The molecule has 2 amide bonds. The molecular weight excluding hydrogens is 226 g/mol. The average molecular weight is 253 g/mol. The van der Waals surface area contributed by atoms with Crippen molar-refractivity contribution in [1.82, 2.24) is 14.7 Å². The highest BCUT2D eigenvalue weighted by Gasteiger charge is 2.34. The van der Waals surface area contributed by atoms with E-state index in [4.69, 9.17) is 0 Å². The second-order valence-electron chi connectivity index (χ2n) is 6.34. The summed E-state index contributed by atoms with van der Waals surface area (Å²) >= 11 is 0. The molecule has 2 fully saturated rings. The van der Waals surface area contributed by atoms with E-state index in [-0.39, 0.29) is 11.6 Å². The second-order valence-corrected chi connectivity index (χ2v) is 6.34. The molecule has 18 heavy (non-hydrogen) atoms. The first kappa shape index (κ1) is 13.7. The largest absolute Gasteiger partial charge is 0.325 e. The van der Waals surface area contributed by atoms with Crippen LogP contribution in [0.15, 0.2) is 0 Å². The van der Waals surface area contributed by atoms with Crippen LogP contribution < -0.4 is 0 Å². The van der Waals surface area contributed by atoms with Gasteiger partial charge in [-0.25, -0.2) is 4.79 Å². The van der Waals surface area contributed by atoms with Gasteiger partial charge in [0.1, 0.15) is 0 Å². The average Bonchev–Trinajstić information content (AvgIpc) is 2.60. The van der Waals surface area contributed by atoms with Gasteiger partial charge in [0.2, 0.25) is 0 Å². The molecule has 2 heterocycles. The fourth-order valence-corrected chi connectivity index (χ4v) is 2.87. The molecule has 0 bridgehead atoms. The van der Waals surface area contributed by atoms with Crippen LogP contribution in [0.5, 0.6) is 0 Å². The molecular formula is C14H27N3O. The molecule has 0 saturated carbocycles. The summed E-state index contributed by atoms with van der Waals surface area (Å²) in [5.74, 6) is 0. The number of hydrogen-bond acceptors (Lipinski definition) is 2. The number of hydrogen-bond donors (Lipinski definition) is 0. The minimum absolute atomic E-state index is 0.0970. The van der Waals surface area contributed by atoms with Crippen LogP contribution in [0.4, 0.5) is 4.79 Å². The lowest BCUT2D eigenvalue weighted by molar-refractivity contribution is 0.0461. The van der Waals surface area contributed by atoms with E-state index in [9.17, 15) is 4.79 Å². The Bertz CT molecular complexity index is 295. The van der Waals surface area contributed by atoms with Gasteiger partial charge in [-0.05, 0) is 33.7 Å². The van der Waals surface area contributed by atoms with Crippen molar-refractivity contribution in [2.45, 2.75) is 45.1 Å². The monoisotopic (exact) mass is 253 g/mol. The normalized spacial score (nSPS) is 25.9. The number of likely N-dealkylation sites (N-methyl/N-ethyl adjacent to an activating group) is 1. The van der Waals surface area contributed by atoms with Crippen molar-refractivity contribution in [3.63, 3.8) is 0 Å². The molecule has 0 aliphatic carbocycles. The zero-order valence-corrected chi connectivity index (χ0v) is 12.1. The summed E-state index contributed by atoms with van der Waals surface area (Å²) in [6.07, 6.45) is 4.89. The van der Waals surface area contributed by atoms with Gasteiger partial charge in [0.25, 0.3) is 0 Å². The molecule has 0 unspecified atom stereocenters. The maximum Gasteiger partial charge on any atom is 0.320 e. The number of nitrogens with zero attached hydrogens (tertiary/aromatic N) is 3. The number of rotatable bonds is 0. The van der Waals surface area contributed by atoms with Crippen molar-refractivity contribution in [1.29, 1.82) is 0 Å². The van der Waals surface area contributed by atoms with Crippen molar-refractivity contribution in [2.24, 2.45) is 0 Å². The molecule has 2 saturated heterocycles. The van der Waals surface area contributed by atoms with E-state index in [0.29, 0.717) is 0 Å². The van der Waals surface area contributed by atoms with Crippen molar-refractivity contribution >= 4 is 6.03 Å². The van der Waals surface area contributed by atoms with Gasteiger partial charge < -0.3 is 9.80 Å². The third-order valence-corrected chi connectivity index (χ3v) is 4.46. The standard InChI is InChI=1S/C14H27N3O/c1-14(2)12-17(11-10-15(14)3)13(18)16-8-6-4-5-7-9-16/h4-12H2,1-3H3. The van der Waals surface area contributed by atoms with E-state index in [1.165, 1.54) is 25.7 Å². The molecule has 0 aromatic rings. The van der Waals surface area contributed by atoms with Gasteiger partial charge in [0.15, 0.2) is 0 Å². The number of carbonyl (C=O) groups excluding carboxylic acids is 1. The molecule has 0 radical (unpaired) electrons. The summed E-state index contributed by atoms with van der Waals surface area (Å²) in [5.41, 5.74) is 0.0970. The summed E-state index contributed by atoms with van der Waals surface area (Å²) in [6, 6.07) is 0.262. The summed E-state index contributed by atoms with van der Waals surface area (Å²) in [6.45, 7) is 9.03. The lowest BCUT2D eigenvalue weighted by Gasteiger charge is -2.46. The molecule has 0 spiro atoms. The number of carbonyl (C=O) groups is 1. The number of urea groups is 1. The zero-order chi connectivity index (χ0) is 13.2. The van der Waals surface area contributed by atoms with Crippen LogP contribution in [-0.4, -0.2) is 66.0 Å². The Morgan fingerprint density at radius 1 is 0.889 bits per heavy atom. The molecule has 4 heteroatoms. The number of piperazine rings is 1. The molecule has 2 aliphatic heterocycles. The SMILES string of the molecule is CN1CCN(C(=O)N2CCCCCC2)CC1(C)C. The molecule has 4 nitrogen and oxygen atoms in total. The Kier molecular flexibility index (Phi) is 4.15. The Morgan fingerprint density at radius 3 is 2.06 bits per heavy atom. The quantitative estimate of drug-likeness (QED) is 0.660. The lowest BCUT2D eigenvalue weighted by atomic mass is 10.00. The molecule has 0 atom stereocenters. The highest BCUT2D eigenvalue weighted by molar-refractivity contribution is 5.74. The van der Waals surface area contributed by atoms with E-state index < -0.39 is 0 Å². The highest BCUT2D eigenvalue weighted by Crippen LogP contribution is 2.21. The summed E-state index contributed by atoms with van der Waals surface area (Å²) < 4.78 is 0. The van der Waals surface area contributed by atoms with Gasteiger partial charge in [-0.1, -0.05) is 12.8 Å². The van der Waals surface area contributed by atoms with E-state index in [1.54, 1.807) is 0 Å². The van der Waals surface area contributed by atoms with E-state index in [1.807, 2.05) is 4.90 Å². The third-order valence-electron chi connectivity index (χ3n) is 4.46. The lowest BCUT2D eigenvalue weighted by Crippen LogP contribution is -2.60. The Morgan fingerprint density at radius 2 is 1.50 bits per heavy atom. The van der Waals surface area contributed by atoms with Gasteiger partial charge in [-0.15, -0.1) is 0 Å². The van der Waals surface area contributed by atoms with Crippen LogP contribution in [0.3, 0.4) is 0 Å². The van der Waals surface area contributed by atoms with Crippen LogP contribution in [-0.2, 0) is 0 Å².